The first-order valence-electron chi connectivity index (χ1n) is 4.46. The summed E-state index contributed by atoms with van der Waals surface area (Å²) in [4.78, 5) is 0. The Bertz CT molecular complexity index is 411. The van der Waals surface area contributed by atoms with Crippen LogP contribution in [0.15, 0.2) is 35.1 Å². The highest BCUT2D eigenvalue weighted by Gasteiger charge is 2.11. The van der Waals surface area contributed by atoms with E-state index >= 15 is 0 Å². The highest BCUT2D eigenvalue weighted by atomic mass is 16.5. The average molecular weight is 205 g/mol. The lowest BCUT2D eigenvalue weighted by Crippen LogP contribution is -2.13. The van der Waals surface area contributed by atoms with E-state index in [0.29, 0.717) is 11.6 Å². The molecule has 1 atom stereocenters. The Kier molecular flexibility index (Phi) is 2.64. The van der Waals surface area contributed by atoms with Crippen molar-refractivity contribution in [3.05, 3.63) is 42.0 Å². The maximum Gasteiger partial charge on any atom is 0.233 e. The van der Waals surface area contributed by atoms with Crippen molar-refractivity contribution < 1.29 is 9.15 Å². The molecule has 2 heterocycles. The number of aromatic nitrogens is 2. The molecule has 0 aromatic carbocycles. The zero-order chi connectivity index (χ0) is 10.7. The second kappa shape index (κ2) is 4.10. The van der Waals surface area contributed by atoms with Crippen LogP contribution in [0.25, 0.3) is 0 Å². The predicted molar refractivity (Wildman–Crippen MR) is 53.3 cm³/mol. The van der Waals surface area contributed by atoms with Crippen LogP contribution in [-0.2, 0) is 0 Å². The van der Waals surface area contributed by atoms with E-state index in [1.807, 2.05) is 0 Å². The minimum Gasteiger partial charge on any atom is -0.480 e. The van der Waals surface area contributed by atoms with E-state index in [1.54, 1.807) is 37.8 Å². The summed E-state index contributed by atoms with van der Waals surface area (Å²) in [6.07, 6.45) is 3.17. The normalized spacial score (nSPS) is 12.4. The molecule has 0 amide bonds. The molecule has 5 heteroatoms. The second-order valence-corrected chi connectivity index (χ2v) is 3.03. The third-order valence-corrected chi connectivity index (χ3v) is 2.09. The number of hydrogen-bond acceptors (Lipinski definition) is 5. The Morgan fingerprint density at radius 2 is 2.20 bits per heavy atom. The minimum absolute atomic E-state index is 0.317. The molecule has 2 N–H and O–H groups in total. The Morgan fingerprint density at radius 1 is 1.33 bits per heavy atom. The van der Waals surface area contributed by atoms with Crippen molar-refractivity contribution in [2.24, 2.45) is 5.73 Å². The molecular weight excluding hydrogens is 194 g/mol. The number of hydrogen-bond donors (Lipinski definition) is 1. The smallest absolute Gasteiger partial charge is 0.233 e. The van der Waals surface area contributed by atoms with E-state index in [0.717, 1.165) is 5.56 Å². The fourth-order valence-electron chi connectivity index (χ4n) is 1.23. The molecule has 0 saturated carbocycles. The van der Waals surface area contributed by atoms with Gasteiger partial charge in [0.1, 0.15) is 0 Å². The molecule has 15 heavy (non-hydrogen) atoms. The lowest BCUT2D eigenvalue weighted by molar-refractivity contribution is 0.390. The van der Waals surface area contributed by atoms with Gasteiger partial charge in [-0.05, 0) is 12.1 Å². The van der Waals surface area contributed by atoms with E-state index < -0.39 is 0 Å². The fraction of sp³-hybridized carbons (Fsp3) is 0.200. The summed E-state index contributed by atoms with van der Waals surface area (Å²) in [5.74, 6) is 0.471. The van der Waals surface area contributed by atoms with Crippen LogP contribution < -0.4 is 10.5 Å². The van der Waals surface area contributed by atoms with Crippen molar-refractivity contribution in [1.29, 1.82) is 0 Å². The van der Waals surface area contributed by atoms with E-state index in [-0.39, 0.29) is 6.04 Å². The molecule has 0 radical (unpaired) electrons. The molecular formula is C10H11N3O2. The predicted octanol–water partition coefficient (Wildman–Crippen LogP) is 1.13. The van der Waals surface area contributed by atoms with Gasteiger partial charge in [-0.2, -0.15) is 0 Å². The van der Waals surface area contributed by atoms with Crippen LogP contribution in [0.1, 0.15) is 17.3 Å². The fourth-order valence-corrected chi connectivity index (χ4v) is 1.23. The third kappa shape index (κ3) is 1.97. The first-order valence-corrected chi connectivity index (χ1v) is 4.46. The topological polar surface area (TPSA) is 74.2 Å². The van der Waals surface area contributed by atoms with E-state index in [9.17, 15) is 0 Å². The minimum atomic E-state index is -0.317. The maximum atomic E-state index is 5.95. The van der Waals surface area contributed by atoms with Gasteiger partial charge in [-0.15, -0.1) is 10.2 Å². The molecule has 0 spiro atoms. The number of rotatable bonds is 3. The summed E-state index contributed by atoms with van der Waals surface area (Å²) in [6.45, 7) is 0. The van der Waals surface area contributed by atoms with Gasteiger partial charge in [0.05, 0.1) is 31.4 Å². The number of furan rings is 1. The molecule has 78 valence electrons. The van der Waals surface area contributed by atoms with Crippen molar-refractivity contribution in [1.82, 2.24) is 10.2 Å². The van der Waals surface area contributed by atoms with Crippen molar-refractivity contribution in [3.8, 4) is 5.88 Å². The number of nitrogens with zero attached hydrogens (tertiary/aromatic N) is 2. The highest BCUT2D eigenvalue weighted by molar-refractivity contribution is 5.24. The quantitative estimate of drug-likeness (QED) is 0.812. The van der Waals surface area contributed by atoms with Crippen molar-refractivity contribution in [3.63, 3.8) is 0 Å². The van der Waals surface area contributed by atoms with Gasteiger partial charge in [-0.3, -0.25) is 0 Å². The standard InChI is InChI=1S/C10H11N3O2/c1-14-9-3-2-8(12-13-9)10(11)7-4-5-15-6-7/h2-6,10H,11H2,1H3. The largest absolute Gasteiger partial charge is 0.480 e. The van der Waals surface area contributed by atoms with Crippen molar-refractivity contribution in [2.75, 3.05) is 7.11 Å². The second-order valence-electron chi connectivity index (χ2n) is 3.03. The van der Waals surface area contributed by atoms with Gasteiger partial charge in [-0.25, -0.2) is 0 Å². The van der Waals surface area contributed by atoms with Crippen LogP contribution in [-0.4, -0.2) is 17.3 Å². The highest BCUT2D eigenvalue weighted by Crippen LogP contribution is 2.18. The Labute approximate surface area is 86.9 Å². The van der Waals surface area contributed by atoms with Crippen LogP contribution >= 0.6 is 0 Å². The molecule has 0 fully saturated rings. The summed E-state index contributed by atoms with van der Waals surface area (Å²) in [5, 5.41) is 7.81. The van der Waals surface area contributed by atoms with Gasteiger partial charge in [0.15, 0.2) is 0 Å². The van der Waals surface area contributed by atoms with E-state index in [2.05, 4.69) is 10.2 Å². The van der Waals surface area contributed by atoms with Crippen LogP contribution in [0.2, 0.25) is 0 Å². The van der Waals surface area contributed by atoms with Crippen LogP contribution in [0.5, 0.6) is 5.88 Å². The van der Waals surface area contributed by atoms with Gasteiger partial charge in [0.2, 0.25) is 5.88 Å². The molecule has 2 rings (SSSR count). The number of methoxy groups -OCH3 is 1. The first-order chi connectivity index (χ1) is 7.31. The zero-order valence-electron chi connectivity index (χ0n) is 8.25. The molecule has 0 bridgehead atoms. The molecule has 5 nitrogen and oxygen atoms in total. The Morgan fingerprint density at radius 3 is 2.73 bits per heavy atom. The monoisotopic (exact) mass is 205 g/mol. The van der Waals surface area contributed by atoms with Gasteiger partial charge in [0.25, 0.3) is 0 Å². The first kappa shape index (κ1) is 9.67. The molecule has 0 saturated heterocycles. The lowest BCUT2D eigenvalue weighted by Gasteiger charge is -2.07. The Hall–Kier alpha value is -1.88. The Balaban J connectivity index is 2.22. The molecule has 0 aliphatic heterocycles. The average Bonchev–Trinajstić information content (AvgIpc) is 2.82. The van der Waals surface area contributed by atoms with Crippen LogP contribution in [0.4, 0.5) is 0 Å². The van der Waals surface area contributed by atoms with Crippen LogP contribution in [0, 0.1) is 0 Å². The van der Waals surface area contributed by atoms with Crippen molar-refractivity contribution in [2.45, 2.75) is 6.04 Å². The molecule has 0 aliphatic rings. The van der Waals surface area contributed by atoms with E-state index in [4.69, 9.17) is 14.9 Å². The molecule has 2 aromatic heterocycles. The molecule has 2 aromatic rings. The summed E-state index contributed by atoms with van der Waals surface area (Å²) in [5.41, 5.74) is 7.50. The van der Waals surface area contributed by atoms with Gasteiger partial charge >= 0.3 is 0 Å². The van der Waals surface area contributed by atoms with E-state index in [1.165, 1.54) is 0 Å². The summed E-state index contributed by atoms with van der Waals surface area (Å²) in [6, 6.07) is 4.99. The molecule has 0 aliphatic carbocycles. The molecule has 1 unspecified atom stereocenters. The lowest BCUT2D eigenvalue weighted by atomic mass is 10.1. The van der Waals surface area contributed by atoms with Gasteiger partial charge in [0, 0.05) is 11.6 Å². The van der Waals surface area contributed by atoms with Gasteiger partial charge < -0.3 is 14.9 Å². The summed E-state index contributed by atoms with van der Waals surface area (Å²) < 4.78 is 9.86. The SMILES string of the molecule is COc1ccc(C(N)c2ccoc2)nn1. The zero-order valence-corrected chi connectivity index (χ0v) is 8.25. The van der Waals surface area contributed by atoms with Crippen molar-refractivity contribution >= 4 is 0 Å². The van der Waals surface area contributed by atoms with Gasteiger partial charge in [-0.1, -0.05) is 0 Å². The summed E-state index contributed by atoms with van der Waals surface area (Å²) in [7, 11) is 1.54. The number of nitrogens with two attached hydrogens (primary N) is 1. The third-order valence-electron chi connectivity index (χ3n) is 2.09. The maximum absolute atomic E-state index is 5.95. The number of ether oxygens (including phenoxy) is 1. The summed E-state index contributed by atoms with van der Waals surface area (Å²) >= 11 is 0. The van der Waals surface area contributed by atoms with Crippen LogP contribution in [0.3, 0.4) is 0 Å².